The van der Waals surface area contributed by atoms with Gasteiger partial charge >= 0.3 is 0 Å². The Bertz CT molecular complexity index is 273. The van der Waals surface area contributed by atoms with E-state index in [1.165, 1.54) is 6.26 Å². The van der Waals surface area contributed by atoms with Crippen molar-refractivity contribution in [1.82, 2.24) is 4.90 Å². The van der Waals surface area contributed by atoms with Gasteiger partial charge in [-0.1, -0.05) is 0 Å². The number of piperidine rings is 1. The summed E-state index contributed by atoms with van der Waals surface area (Å²) in [5.41, 5.74) is 0. The maximum atomic E-state index is 11.0. The average molecular weight is 189 g/mol. The van der Waals surface area contributed by atoms with Crippen LogP contribution in [0.4, 0.5) is 0 Å². The fourth-order valence-electron chi connectivity index (χ4n) is 2.46. The number of hydrogen-bond acceptors (Lipinski definition) is 3. The molecule has 0 aromatic rings. The molecular formula is C8H15NO2S. The van der Waals surface area contributed by atoms with Crippen molar-refractivity contribution in [2.45, 2.75) is 0 Å². The number of nitrogens with zero attached hydrogens (tertiary/aromatic N) is 1. The fraction of sp³-hybridized carbons (Fsp3) is 1.00. The van der Waals surface area contributed by atoms with E-state index in [9.17, 15) is 8.42 Å². The Morgan fingerprint density at radius 1 is 1.33 bits per heavy atom. The highest BCUT2D eigenvalue weighted by Gasteiger charge is 2.55. The molecule has 1 aliphatic carbocycles. The topological polar surface area (TPSA) is 37.4 Å². The Morgan fingerprint density at radius 2 is 1.83 bits per heavy atom. The zero-order chi connectivity index (χ0) is 8.93. The van der Waals surface area contributed by atoms with Gasteiger partial charge in [0.2, 0.25) is 0 Å². The molecule has 70 valence electrons. The normalized spacial score (nSPS) is 41.3. The second kappa shape index (κ2) is 2.45. The van der Waals surface area contributed by atoms with Gasteiger partial charge in [0.1, 0.15) is 9.84 Å². The summed E-state index contributed by atoms with van der Waals surface area (Å²) in [7, 11) is -0.638. The van der Waals surface area contributed by atoms with Crippen LogP contribution in [0.15, 0.2) is 0 Å². The lowest BCUT2D eigenvalue weighted by Gasteiger charge is -2.11. The van der Waals surface area contributed by atoms with Crippen LogP contribution in [0.1, 0.15) is 0 Å². The van der Waals surface area contributed by atoms with Crippen LogP contribution >= 0.6 is 0 Å². The van der Waals surface area contributed by atoms with E-state index in [4.69, 9.17) is 0 Å². The van der Waals surface area contributed by atoms with Crippen LogP contribution in [0.5, 0.6) is 0 Å². The van der Waals surface area contributed by atoms with E-state index in [0.29, 0.717) is 23.5 Å². The summed E-state index contributed by atoms with van der Waals surface area (Å²) in [5.74, 6) is 2.27. The number of likely N-dealkylation sites (tertiary alicyclic amines) is 1. The molecule has 2 aliphatic rings. The van der Waals surface area contributed by atoms with Gasteiger partial charge in [0, 0.05) is 19.3 Å². The molecule has 12 heavy (non-hydrogen) atoms. The van der Waals surface area contributed by atoms with Crippen molar-refractivity contribution < 1.29 is 8.42 Å². The maximum absolute atomic E-state index is 11.0. The zero-order valence-corrected chi connectivity index (χ0v) is 8.34. The summed E-state index contributed by atoms with van der Waals surface area (Å²) in [5, 5.41) is 0. The van der Waals surface area contributed by atoms with Gasteiger partial charge in [-0.25, -0.2) is 8.42 Å². The van der Waals surface area contributed by atoms with E-state index in [0.717, 1.165) is 13.1 Å². The van der Waals surface area contributed by atoms with Crippen molar-refractivity contribution in [3.63, 3.8) is 0 Å². The van der Waals surface area contributed by atoms with Crippen molar-refractivity contribution in [2.75, 3.05) is 32.1 Å². The highest BCUT2D eigenvalue weighted by Crippen LogP contribution is 2.51. The van der Waals surface area contributed by atoms with Gasteiger partial charge in [0.25, 0.3) is 0 Å². The summed E-state index contributed by atoms with van der Waals surface area (Å²) in [6.07, 6.45) is 1.34. The number of sulfone groups is 1. The summed E-state index contributed by atoms with van der Waals surface area (Å²) in [4.78, 5) is 2.29. The standard InChI is InChI=1S/C8H15NO2S/c1-9-3-6-7(4-9)8(6)5-12(2,10)11/h6-8H,3-5H2,1-2H3. The highest BCUT2D eigenvalue weighted by atomic mass is 32.2. The minimum atomic E-state index is -2.74. The summed E-state index contributed by atoms with van der Waals surface area (Å²) in [6.45, 7) is 2.20. The highest BCUT2D eigenvalue weighted by molar-refractivity contribution is 7.90. The SMILES string of the molecule is CN1CC2C(C1)C2CS(C)(=O)=O. The Labute approximate surface area is 73.7 Å². The van der Waals surface area contributed by atoms with Crippen molar-refractivity contribution >= 4 is 9.84 Å². The molecule has 0 N–H and O–H groups in total. The lowest BCUT2D eigenvalue weighted by atomic mass is 10.3. The van der Waals surface area contributed by atoms with Gasteiger partial charge in [-0.2, -0.15) is 0 Å². The molecule has 1 aliphatic heterocycles. The number of hydrogen-bond donors (Lipinski definition) is 0. The Kier molecular flexibility index (Phi) is 1.74. The van der Waals surface area contributed by atoms with E-state index < -0.39 is 9.84 Å². The van der Waals surface area contributed by atoms with Crippen molar-refractivity contribution in [3.05, 3.63) is 0 Å². The van der Waals surface area contributed by atoms with Gasteiger partial charge in [0.15, 0.2) is 0 Å². The molecule has 2 rings (SSSR count). The van der Waals surface area contributed by atoms with E-state index in [1.54, 1.807) is 0 Å². The maximum Gasteiger partial charge on any atom is 0.147 e. The first-order valence-corrected chi connectivity index (χ1v) is 6.40. The van der Waals surface area contributed by atoms with Crippen molar-refractivity contribution in [3.8, 4) is 0 Å². The van der Waals surface area contributed by atoms with Crippen LogP contribution < -0.4 is 0 Å². The van der Waals surface area contributed by atoms with Crippen LogP contribution in [0, 0.1) is 17.8 Å². The first kappa shape index (κ1) is 8.51. The predicted molar refractivity (Wildman–Crippen MR) is 47.7 cm³/mol. The largest absolute Gasteiger partial charge is 0.306 e. The molecule has 2 unspecified atom stereocenters. The van der Waals surface area contributed by atoms with Gasteiger partial charge in [-0.05, 0) is 24.8 Å². The minimum absolute atomic E-state index is 0.413. The van der Waals surface area contributed by atoms with Gasteiger partial charge in [-0.15, -0.1) is 0 Å². The molecule has 0 aromatic heterocycles. The monoisotopic (exact) mass is 189 g/mol. The molecule has 0 bridgehead atoms. The predicted octanol–water partition coefficient (Wildman–Crippen LogP) is -0.161. The molecule has 4 heteroatoms. The lowest BCUT2D eigenvalue weighted by molar-refractivity contribution is 0.350. The third-order valence-corrected chi connectivity index (χ3v) is 4.04. The molecule has 1 saturated carbocycles. The van der Waals surface area contributed by atoms with Crippen LogP contribution in [0.2, 0.25) is 0 Å². The Hall–Kier alpha value is -0.0900. The quantitative estimate of drug-likeness (QED) is 0.605. The van der Waals surface area contributed by atoms with Crippen molar-refractivity contribution in [1.29, 1.82) is 0 Å². The molecule has 1 heterocycles. The third-order valence-electron chi connectivity index (χ3n) is 3.05. The lowest BCUT2D eigenvalue weighted by Crippen LogP contribution is -2.21. The summed E-state index contributed by atoms with van der Waals surface area (Å²) < 4.78 is 22.0. The van der Waals surface area contributed by atoms with Crippen LogP contribution in [0.25, 0.3) is 0 Å². The molecular weight excluding hydrogens is 174 g/mol. The number of fused-ring (bicyclic) bond motifs is 1. The second-order valence-corrected chi connectivity index (χ2v) is 6.49. The van der Waals surface area contributed by atoms with Crippen molar-refractivity contribution in [2.24, 2.45) is 17.8 Å². The molecule has 3 nitrogen and oxygen atoms in total. The van der Waals surface area contributed by atoms with E-state index in [-0.39, 0.29) is 0 Å². The fourth-order valence-corrected chi connectivity index (χ4v) is 3.65. The molecule has 2 fully saturated rings. The van der Waals surface area contributed by atoms with Crippen LogP contribution in [0.3, 0.4) is 0 Å². The molecule has 0 radical (unpaired) electrons. The third kappa shape index (κ3) is 1.50. The summed E-state index contributed by atoms with van der Waals surface area (Å²) in [6, 6.07) is 0. The first-order valence-electron chi connectivity index (χ1n) is 4.33. The molecule has 0 aromatic carbocycles. The Morgan fingerprint density at radius 3 is 2.25 bits per heavy atom. The second-order valence-electron chi connectivity index (χ2n) is 4.31. The van der Waals surface area contributed by atoms with E-state index in [1.807, 2.05) is 0 Å². The van der Waals surface area contributed by atoms with Gasteiger partial charge < -0.3 is 4.90 Å². The zero-order valence-electron chi connectivity index (χ0n) is 7.53. The molecule has 1 saturated heterocycles. The smallest absolute Gasteiger partial charge is 0.147 e. The molecule has 2 atom stereocenters. The van der Waals surface area contributed by atoms with E-state index >= 15 is 0 Å². The van der Waals surface area contributed by atoms with Gasteiger partial charge in [-0.3, -0.25) is 0 Å². The number of rotatable bonds is 2. The first-order chi connectivity index (χ1) is 5.47. The van der Waals surface area contributed by atoms with Crippen LogP contribution in [-0.2, 0) is 9.84 Å². The van der Waals surface area contributed by atoms with E-state index in [2.05, 4.69) is 11.9 Å². The minimum Gasteiger partial charge on any atom is -0.306 e. The molecule has 0 amide bonds. The average Bonchev–Trinajstić information content (AvgIpc) is 2.42. The Balaban J connectivity index is 1.91. The molecule has 0 spiro atoms. The van der Waals surface area contributed by atoms with Gasteiger partial charge in [0.05, 0.1) is 5.75 Å². The van der Waals surface area contributed by atoms with Crippen LogP contribution in [-0.4, -0.2) is 45.5 Å². The summed E-state index contributed by atoms with van der Waals surface area (Å²) >= 11 is 0.